The Balaban J connectivity index is 1.22. The zero-order valence-electron chi connectivity index (χ0n) is 19.8. The van der Waals surface area contributed by atoms with E-state index in [1.54, 1.807) is 6.07 Å². The highest BCUT2D eigenvalue weighted by Crippen LogP contribution is 2.37. The van der Waals surface area contributed by atoms with Crippen molar-refractivity contribution in [3.8, 4) is 0 Å². The summed E-state index contributed by atoms with van der Waals surface area (Å²) in [6.45, 7) is 2.24. The highest BCUT2D eigenvalue weighted by Gasteiger charge is 2.22. The molecule has 1 saturated carbocycles. The zero-order valence-corrected chi connectivity index (χ0v) is 20.6. The molecule has 4 rings (SSSR count). The zero-order chi connectivity index (χ0) is 23.0. The maximum Gasteiger partial charge on any atom is 0.126 e. The monoisotopic (exact) mass is 462 g/mol. The second kappa shape index (κ2) is 11.8. The van der Waals surface area contributed by atoms with E-state index >= 15 is 0 Å². The van der Waals surface area contributed by atoms with Gasteiger partial charge >= 0.3 is 0 Å². The number of hydrogen-bond donors (Lipinski definition) is 0. The van der Waals surface area contributed by atoms with E-state index in [1.165, 1.54) is 61.6 Å². The maximum absolute atomic E-state index is 14.7. The minimum atomic E-state index is -0.0586. The third-order valence-corrected chi connectivity index (χ3v) is 7.64. The third-order valence-electron chi connectivity index (χ3n) is 7.39. The van der Waals surface area contributed by atoms with Crippen molar-refractivity contribution in [2.24, 2.45) is 5.92 Å². The van der Waals surface area contributed by atoms with Crippen molar-refractivity contribution in [1.82, 2.24) is 0 Å². The molecule has 3 aromatic rings. The van der Waals surface area contributed by atoms with Crippen molar-refractivity contribution in [1.29, 1.82) is 0 Å². The fourth-order valence-electron chi connectivity index (χ4n) is 5.28. The SMILES string of the molecule is CCCc1ccc([C@H]2CC[C@H](CCc3ccc(CCc4ccc(Cl)cc4)c(F)c3)CC2)cc1. The summed E-state index contributed by atoms with van der Waals surface area (Å²) in [5.74, 6) is 1.43. The van der Waals surface area contributed by atoms with Gasteiger partial charge in [0.1, 0.15) is 5.82 Å². The number of hydrogen-bond acceptors (Lipinski definition) is 0. The lowest BCUT2D eigenvalue weighted by Crippen LogP contribution is -2.14. The molecule has 1 fully saturated rings. The fourth-order valence-corrected chi connectivity index (χ4v) is 5.41. The summed E-state index contributed by atoms with van der Waals surface area (Å²) in [4.78, 5) is 0. The number of aryl methyl sites for hydroxylation is 4. The average Bonchev–Trinajstić information content (AvgIpc) is 2.84. The van der Waals surface area contributed by atoms with Crippen LogP contribution < -0.4 is 0 Å². The first kappa shape index (κ1) is 24.0. The van der Waals surface area contributed by atoms with Crippen molar-refractivity contribution in [3.63, 3.8) is 0 Å². The summed E-state index contributed by atoms with van der Waals surface area (Å²) in [6.07, 6.45) is 11.3. The third kappa shape index (κ3) is 6.93. The average molecular weight is 463 g/mol. The van der Waals surface area contributed by atoms with Gasteiger partial charge in [-0.2, -0.15) is 0 Å². The topological polar surface area (TPSA) is 0 Å². The Bertz CT molecular complexity index is 998. The lowest BCUT2D eigenvalue weighted by atomic mass is 9.77. The molecular formula is C31H36ClF. The predicted molar refractivity (Wildman–Crippen MR) is 139 cm³/mol. The maximum atomic E-state index is 14.7. The van der Waals surface area contributed by atoms with Gasteiger partial charge in [0.25, 0.3) is 0 Å². The van der Waals surface area contributed by atoms with Gasteiger partial charge in [-0.05, 0) is 116 Å². The van der Waals surface area contributed by atoms with Crippen molar-refractivity contribution in [2.45, 2.75) is 77.0 Å². The van der Waals surface area contributed by atoms with Crippen LogP contribution in [0.15, 0.2) is 66.7 Å². The minimum absolute atomic E-state index is 0.0586. The number of rotatable bonds is 9. The molecule has 0 amide bonds. The Morgan fingerprint density at radius 3 is 2.03 bits per heavy atom. The van der Waals surface area contributed by atoms with Gasteiger partial charge in [-0.1, -0.05) is 73.5 Å². The summed E-state index contributed by atoms with van der Waals surface area (Å²) < 4.78 is 14.7. The Morgan fingerprint density at radius 2 is 1.36 bits per heavy atom. The van der Waals surface area contributed by atoms with Crippen LogP contribution in [0.5, 0.6) is 0 Å². The molecule has 0 atom stereocenters. The molecule has 0 N–H and O–H groups in total. The van der Waals surface area contributed by atoms with Gasteiger partial charge in [0.15, 0.2) is 0 Å². The normalized spacial score (nSPS) is 18.4. The van der Waals surface area contributed by atoms with E-state index in [-0.39, 0.29) is 5.82 Å². The van der Waals surface area contributed by atoms with E-state index in [0.717, 1.165) is 41.3 Å². The van der Waals surface area contributed by atoms with E-state index in [4.69, 9.17) is 11.6 Å². The Labute approximate surface area is 204 Å². The Morgan fingerprint density at radius 1 is 0.727 bits per heavy atom. The van der Waals surface area contributed by atoms with Crippen LogP contribution in [0.1, 0.15) is 79.2 Å². The lowest BCUT2D eigenvalue weighted by Gasteiger charge is -2.29. The summed E-state index contributed by atoms with van der Waals surface area (Å²) >= 11 is 5.95. The van der Waals surface area contributed by atoms with Crippen LogP contribution in [0, 0.1) is 11.7 Å². The second-order valence-electron chi connectivity index (χ2n) is 9.80. The molecule has 2 heteroatoms. The molecule has 1 aliphatic carbocycles. The smallest absolute Gasteiger partial charge is 0.126 e. The van der Waals surface area contributed by atoms with Gasteiger partial charge in [-0.25, -0.2) is 4.39 Å². The summed E-state index contributed by atoms with van der Waals surface area (Å²) in [6, 6.07) is 23.1. The Hall–Kier alpha value is -2.12. The van der Waals surface area contributed by atoms with Crippen LogP contribution in [0.3, 0.4) is 0 Å². The van der Waals surface area contributed by atoms with Crippen molar-refractivity contribution in [3.05, 3.63) is 105 Å². The largest absolute Gasteiger partial charge is 0.207 e. The quantitative estimate of drug-likeness (QED) is 0.297. The highest BCUT2D eigenvalue weighted by molar-refractivity contribution is 6.30. The van der Waals surface area contributed by atoms with Crippen LogP contribution in [0.4, 0.5) is 4.39 Å². The molecule has 0 nitrogen and oxygen atoms in total. The molecule has 1 aliphatic rings. The number of halogens is 2. The van der Waals surface area contributed by atoms with Gasteiger partial charge in [-0.15, -0.1) is 0 Å². The first-order valence-corrected chi connectivity index (χ1v) is 13.1. The molecule has 0 radical (unpaired) electrons. The van der Waals surface area contributed by atoms with Gasteiger partial charge in [0.2, 0.25) is 0 Å². The van der Waals surface area contributed by atoms with Crippen LogP contribution in [-0.4, -0.2) is 0 Å². The molecular weight excluding hydrogens is 427 g/mol. The summed E-state index contributed by atoms with van der Waals surface area (Å²) in [5, 5.41) is 0.740. The number of benzene rings is 3. The molecule has 0 saturated heterocycles. The first-order chi connectivity index (χ1) is 16.1. The highest BCUT2D eigenvalue weighted by atomic mass is 35.5. The molecule has 0 aliphatic heterocycles. The molecule has 0 aromatic heterocycles. The molecule has 174 valence electrons. The van der Waals surface area contributed by atoms with Crippen molar-refractivity contribution in [2.75, 3.05) is 0 Å². The molecule has 0 bridgehead atoms. The van der Waals surface area contributed by atoms with Crippen LogP contribution >= 0.6 is 11.6 Å². The van der Waals surface area contributed by atoms with Gasteiger partial charge in [0, 0.05) is 5.02 Å². The van der Waals surface area contributed by atoms with E-state index in [1.807, 2.05) is 30.3 Å². The lowest BCUT2D eigenvalue weighted by molar-refractivity contribution is 0.310. The van der Waals surface area contributed by atoms with Crippen LogP contribution in [0.2, 0.25) is 5.02 Å². The minimum Gasteiger partial charge on any atom is -0.207 e. The van der Waals surface area contributed by atoms with E-state index < -0.39 is 0 Å². The van der Waals surface area contributed by atoms with Crippen LogP contribution in [-0.2, 0) is 25.7 Å². The first-order valence-electron chi connectivity index (χ1n) is 12.7. The molecule has 0 heterocycles. The summed E-state index contributed by atoms with van der Waals surface area (Å²) in [7, 11) is 0. The summed E-state index contributed by atoms with van der Waals surface area (Å²) in [5.41, 5.74) is 6.11. The van der Waals surface area contributed by atoms with Gasteiger partial charge in [0.05, 0.1) is 0 Å². The fraction of sp³-hybridized carbons (Fsp3) is 0.419. The molecule has 3 aromatic carbocycles. The Kier molecular flexibility index (Phi) is 8.62. The predicted octanol–water partition coefficient (Wildman–Crippen LogP) is 9.12. The van der Waals surface area contributed by atoms with Gasteiger partial charge < -0.3 is 0 Å². The van der Waals surface area contributed by atoms with E-state index in [2.05, 4.69) is 37.3 Å². The standard InChI is InChI=1S/C31H36ClF/c1-2-3-23-6-14-27(15-7-23)28-16-8-24(9-17-28)4-5-26-11-19-29(31(33)22-26)18-10-25-12-20-30(32)21-13-25/h6-7,11-15,19-22,24,28H,2-5,8-10,16-18H2,1H3/t24-,28-. The second-order valence-corrected chi connectivity index (χ2v) is 10.2. The molecule has 0 spiro atoms. The molecule has 33 heavy (non-hydrogen) atoms. The van der Waals surface area contributed by atoms with Crippen molar-refractivity contribution < 1.29 is 4.39 Å². The van der Waals surface area contributed by atoms with Crippen molar-refractivity contribution >= 4 is 11.6 Å². The van der Waals surface area contributed by atoms with E-state index in [9.17, 15) is 4.39 Å². The van der Waals surface area contributed by atoms with Gasteiger partial charge in [-0.3, -0.25) is 0 Å². The molecule has 0 unspecified atom stereocenters. The van der Waals surface area contributed by atoms with E-state index in [0.29, 0.717) is 5.92 Å². The van der Waals surface area contributed by atoms with Crippen LogP contribution in [0.25, 0.3) is 0 Å².